The molecule has 0 aliphatic carbocycles. The van der Waals surface area contributed by atoms with Crippen LogP contribution in [0.3, 0.4) is 0 Å². The maximum absolute atomic E-state index is 12.3. The summed E-state index contributed by atoms with van der Waals surface area (Å²) in [4.78, 5) is 35.8. The van der Waals surface area contributed by atoms with E-state index in [-0.39, 0.29) is 28.6 Å². The fraction of sp³-hybridized carbons (Fsp3) is 0.471. The van der Waals surface area contributed by atoms with E-state index in [1.807, 2.05) is 0 Å². The average Bonchev–Trinajstić information content (AvgIpc) is 2.61. The van der Waals surface area contributed by atoms with Crippen molar-refractivity contribution in [2.24, 2.45) is 5.92 Å². The molecule has 1 amide bonds. The van der Waals surface area contributed by atoms with E-state index in [1.54, 1.807) is 0 Å². The van der Waals surface area contributed by atoms with Gasteiger partial charge in [0.15, 0.2) is 0 Å². The van der Waals surface area contributed by atoms with E-state index >= 15 is 0 Å². The van der Waals surface area contributed by atoms with Crippen molar-refractivity contribution in [1.82, 2.24) is 0 Å². The molecule has 1 aliphatic heterocycles. The van der Waals surface area contributed by atoms with Gasteiger partial charge in [-0.3, -0.25) is 4.79 Å². The standard InChI is InChI=1S/C17H21NO6/c1-22-16(20)12-3-4-13(17(21)23-2)14(10-12)18-15(19)9-11-5-7-24-8-6-11/h3-4,10-11H,5-9H2,1-2H3,(H,18,19). The van der Waals surface area contributed by atoms with Crippen molar-refractivity contribution in [3.05, 3.63) is 29.3 Å². The number of carbonyl (C=O) groups is 3. The predicted molar refractivity (Wildman–Crippen MR) is 85.9 cm³/mol. The summed E-state index contributed by atoms with van der Waals surface area (Å²) in [6.45, 7) is 1.31. The van der Waals surface area contributed by atoms with Gasteiger partial charge >= 0.3 is 11.9 Å². The van der Waals surface area contributed by atoms with Crippen LogP contribution in [-0.4, -0.2) is 45.3 Å². The first kappa shape index (κ1) is 17.9. The molecule has 24 heavy (non-hydrogen) atoms. The number of ether oxygens (including phenoxy) is 3. The van der Waals surface area contributed by atoms with Crippen LogP contribution in [-0.2, 0) is 19.0 Å². The first-order valence-corrected chi connectivity index (χ1v) is 7.73. The van der Waals surface area contributed by atoms with Crippen molar-refractivity contribution in [2.45, 2.75) is 19.3 Å². The largest absolute Gasteiger partial charge is 0.465 e. The molecule has 0 aromatic heterocycles. The third kappa shape index (κ3) is 4.55. The second-order valence-electron chi connectivity index (χ2n) is 5.55. The van der Waals surface area contributed by atoms with E-state index in [9.17, 15) is 14.4 Å². The molecule has 130 valence electrons. The molecule has 1 heterocycles. The van der Waals surface area contributed by atoms with Crippen molar-refractivity contribution in [3.8, 4) is 0 Å². The van der Waals surface area contributed by atoms with Gasteiger partial charge in [-0.2, -0.15) is 0 Å². The molecule has 1 fully saturated rings. The molecule has 1 aliphatic rings. The Morgan fingerprint density at radius 3 is 2.42 bits per heavy atom. The van der Waals surface area contributed by atoms with Gasteiger partial charge < -0.3 is 19.5 Å². The number of hydrogen-bond donors (Lipinski definition) is 1. The summed E-state index contributed by atoms with van der Waals surface area (Å²) in [5.41, 5.74) is 0.666. The second kappa shape index (κ2) is 8.44. The fourth-order valence-electron chi connectivity index (χ4n) is 2.59. The zero-order valence-electron chi connectivity index (χ0n) is 13.8. The molecule has 1 saturated heterocycles. The van der Waals surface area contributed by atoms with Crippen LogP contribution in [0.15, 0.2) is 18.2 Å². The Labute approximate surface area is 140 Å². The highest BCUT2D eigenvalue weighted by atomic mass is 16.5. The summed E-state index contributed by atoms with van der Waals surface area (Å²) >= 11 is 0. The molecule has 7 heteroatoms. The summed E-state index contributed by atoms with van der Waals surface area (Å²) in [6, 6.07) is 4.30. The Morgan fingerprint density at radius 2 is 1.79 bits per heavy atom. The van der Waals surface area contributed by atoms with Gasteiger partial charge in [0.25, 0.3) is 0 Å². The van der Waals surface area contributed by atoms with Crippen molar-refractivity contribution in [1.29, 1.82) is 0 Å². The van der Waals surface area contributed by atoms with Gasteiger partial charge in [-0.1, -0.05) is 0 Å². The lowest BCUT2D eigenvalue weighted by Gasteiger charge is -2.21. The maximum atomic E-state index is 12.3. The minimum absolute atomic E-state index is 0.186. The number of carbonyl (C=O) groups excluding carboxylic acids is 3. The lowest BCUT2D eigenvalue weighted by Crippen LogP contribution is -2.23. The minimum atomic E-state index is -0.590. The van der Waals surface area contributed by atoms with Crippen molar-refractivity contribution >= 4 is 23.5 Å². The quantitative estimate of drug-likeness (QED) is 0.828. The van der Waals surface area contributed by atoms with E-state index in [0.29, 0.717) is 19.6 Å². The van der Waals surface area contributed by atoms with Crippen molar-refractivity contribution in [2.75, 3.05) is 32.8 Å². The number of benzene rings is 1. The number of methoxy groups -OCH3 is 2. The van der Waals surface area contributed by atoms with Gasteiger partial charge in [-0.15, -0.1) is 0 Å². The first-order valence-electron chi connectivity index (χ1n) is 7.73. The van der Waals surface area contributed by atoms with E-state index in [4.69, 9.17) is 9.47 Å². The number of hydrogen-bond acceptors (Lipinski definition) is 6. The molecule has 7 nitrogen and oxygen atoms in total. The Morgan fingerprint density at radius 1 is 1.12 bits per heavy atom. The van der Waals surface area contributed by atoms with E-state index in [0.717, 1.165) is 12.8 Å². The summed E-state index contributed by atoms with van der Waals surface area (Å²) in [5, 5.41) is 2.70. The average molecular weight is 335 g/mol. The fourth-order valence-corrected chi connectivity index (χ4v) is 2.59. The van der Waals surface area contributed by atoms with Gasteiger partial charge in [0, 0.05) is 19.6 Å². The van der Waals surface area contributed by atoms with Crippen LogP contribution >= 0.6 is 0 Å². The number of anilines is 1. The molecule has 0 bridgehead atoms. The Balaban J connectivity index is 2.16. The third-order valence-electron chi connectivity index (χ3n) is 3.94. The zero-order valence-corrected chi connectivity index (χ0v) is 13.8. The van der Waals surface area contributed by atoms with Gasteiger partial charge in [0.05, 0.1) is 31.0 Å². The molecule has 1 aromatic carbocycles. The van der Waals surface area contributed by atoms with Crippen LogP contribution in [0.1, 0.15) is 40.0 Å². The Bertz CT molecular complexity index is 622. The molecule has 0 saturated carbocycles. The Kier molecular flexibility index (Phi) is 6.31. The minimum Gasteiger partial charge on any atom is -0.465 e. The van der Waals surface area contributed by atoms with E-state index in [2.05, 4.69) is 10.1 Å². The number of nitrogens with one attached hydrogen (secondary N) is 1. The first-order chi connectivity index (χ1) is 11.5. The SMILES string of the molecule is COC(=O)c1ccc(C(=O)OC)c(NC(=O)CC2CCOCC2)c1. The summed E-state index contributed by atoms with van der Waals surface area (Å²) in [5.74, 6) is -1.10. The third-order valence-corrected chi connectivity index (χ3v) is 3.94. The summed E-state index contributed by atoms with van der Waals surface area (Å²) in [6.07, 6.45) is 2.01. The highest BCUT2D eigenvalue weighted by Crippen LogP contribution is 2.23. The van der Waals surface area contributed by atoms with Gasteiger partial charge in [0.2, 0.25) is 5.91 Å². The van der Waals surface area contributed by atoms with Crippen LogP contribution in [0.2, 0.25) is 0 Å². The molecule has 0 spiro atoms. The van der Waals surface area contributed by atoms with Gasteiger partial charge in [-0.05, 0) is 37.0 Å². The van der Waals surface area contributed by atoms with Crippen LogP contribution < -0.4 is 5.32 Å². The second-order valence-corrected chi connectivity index (χ2v) is 5.55. The van der Waals surface area contributed by atoms with Crippen molar-refractivity contribution < 1.29 is 28.6 Å². The Hall–Kier alpha value is -2.41. The lowest BCUT2D eigenvalue weighted by atomic mass is 9.96. The molecule has 0 atom stereocenters. The number of esters is 2. The molecule has 1 N–H and O–H groups in total. The highest BCUT2D eigenvalue weighted by molar-refractivity contribution is 6.03. The molecule has 0 unspecified atom stereocenters. The van der Waals surface area contributed by atoms with Crippen LogP contribution in [0.25, 0.3) is 0 Å². The highest BCUT2D eigenvalue weighted by Gasteiger charge is 2.20. The smallest absolute Gasteiger partial charge is 0.339 e. The topological polar surface area (TPSA) is 90.9 Å². The van der Waals surface area contributed by atoms with E-state index < -0.39 is 11.9 Å². The summed E-state index contributed by atoms with van der Waals surface area (Å²) < 4.78 is 14.6. The van der Waals surface area contributed by atoms with Gasteiger partial charge in [-0.25, -0.2) is 9.59 Å². The van der Waals surface area contributed by atoms with Crippen LogP contribution in [0.4, 0.5) is 5.69 Å². The monoisotopic (exact) mass is 335 g/mol. The lowest BCUT2D eigenvalue weighted by molar-refractivity contribution is -0.117. The molecular weight excluding hydrogens is 314 g/mol. The van der Waals surface area contributed by atoms with Crippen molar-refractivity contribution in [3.63, 3.8) is 0 Å². The molecular formula is C17H21NO6. The molecule has 2 rings (SSSR count). The van der Waals surface area contributed by atoms with Gasteiger partial charge in [0.1, 0.15) is 0 Å². The van der Waals surface area contributed by atoms with Crippen LogP contribution in [0.5, 0.6) is 0 Å². The predicted octanol–water partition coefficient (Wildman–Crippen LogP) is 2.01. The maximum Gasteiger partial charge on any atom is 0.339 e. The molecule has 1 aromatic rings. The van der Waals surface area contributed by atoms with E-state index in [1.165, 1.54) is 32.4 Å². The normalized spacial score (nSPS) is 14.8. The molecule has 0 radical (unpaired) electrons. The number of rotatable bonds is 5. The zero-order chi connectivity index (χ0) is 17.5. The summed E-state index contributed by atoms with van der Waals surface area (Å²) in [7, 11) is 2.52. The van der Waals surface area contributed by atoms with Crippen LogP contribution in [0, 0.1) is 5.92 Å². The number of amides is 1.